The molecule has 0 bridgehead atoms. The normalized spacial score (nSPS) is 13.9. The molecular weight excluding hydrogens is 230 g/mol. The smallest absolute Gasteiger partial charge is 0.0277 e. The Kier molecular flexibility index (Phi) is 4.30. The molecule has 0 saturated heterocycles. The second-order valence-corrected chi connectivity index (χ2v) is 4.60. The maximum atomic E-state index is 4.03. The number of rotatable bonds is 2. The van der Waals surface area contributed by atoms with Gasteiger partial charge in [0, 0.05) is 13.3 Å². The second-order valence-electron chi connectivity index (χ2n) is 4.60. The van der Waals surface area contributed by atoms with Crippen LogP contribution < -0.4 is 10.4 Å². The Bertz CT molecular complexity index is 708. The van der Waals surface area contributed by atoms with E-state index in [1.54, 1.807) is 7.05 Å². The zero-order valence-electron chi connectivity index (χ0n) is 11.7. The number of nitrogens with zero attached hydrogens (tertiary/aromatic N) is 1. The van der Waals surface area contributed by atoms with E-state index in [2.05, 4.69) is 73.4 Å². The highest BCUT2D eigenvalue weighted by Crippen LogP contribution is 2.14. The summed E-state index contributed by atoms with van der Waals surface area (Å²) in [4.78, 5) is 4.03. The van der Waals surface area contributed by atoms with Gasteiger partial charge < -0.3 is 0 Å². The molecule has 0 aliphatic rings. The van der Waals surface area contributed by atoms with E-state index in [1.807, 2.05) is 6.21 Å². The van der Waals surface area contributed by atoms with E-state index < -0.39 is 0 Å². The summed E-state index contributed by atoms with van der Waals surface area (Å²) < 4.78 is 0. The van der Waals surface area contributed by atoms with Gasteiger partial charge >= 0.3 is 0 Å². The SMILES string of the molecule is CN=C/C=c1/cccc/c1=C(/C)c1ccccc1C. The lowest BCUT2D eigenvalue weighted by atomic mass is 9.99. The van der Waals surface area contributed by atoms with Gasteiger partial charge in [-0.05, 0) is 47.1 Å². The Morgan fingerprint density at radius 2 is 1.68 bits per heavy atom. The van der Waals surface area contributed by atoms with Crippen molar-refractivity contribution >= 4 is 17.9 Å². The molecule has 0 atom stereocenters. The third kappa shape index (κ3) is 3.00. The standard InChI is InChI=1S/C18H19N/c1-14-8-4-6-10-17(14)15(2)18-11-7-5-9-16(18)12-13-19-3/h4-13H,1-3H3/b16-12-,18-15+,19-13?. The molecule has 0 aromatic heterocycles. The van der Waals surface area contributed by atoms with Crippen molar-refractivity contribution in [3.63, 3.8) is 0 Å². The van der Waals surface area contributed by atoms with Crippen LogP contribution in [0.3, 0.4) is 0 Å². The van der Waals surface area contributed by atoms with Crippen LogP contribution in [0, 0.1) is 6.92 Å². The summed E-state index contributed by atoms with van der Waals surface area (Å²) >= 11 is 0. The van der Waals surface area contributed by atoms with Crippen molar-refractivity contribution in [3.8, 4) is 0 Å². The second kappa shape index (κ2) is 6.14. The molecule has 0 fully saturated rings. The third-order valence-electron chi connectivity index (χ3n) is 3.32. The molecule has 1 nitrogen and oxygen atoms in total. The molecule has 19 heavy (non-hydrogen) atoms. The number of hydrogen-bond donors (Lipinski definition) is 0. The number of aryl methyl sites for hydroxylation is 1. The van der Waals surface area contributed by atoms with Crippen molar-refractivity contribution in [1.82, 2.24) is 0 Å². The van der Waals surface area contributed by atoms with Gasteiger partial charge in [0.25, 0.3) is 0 Å². The summed E-state index contributed by atoms with van der Waals surface area (Å²) in [6.07, 6.45) is 3.89. The van der Waals surface area contributed by atoms with E-state index in [1.165, 1.54) is 27.1 Å². The molecule has 2 aromatic carbocycles. The van der Waals surface area contributed by atoms with Crippen LogP contribution in [0.5, 0.6) is 0 Å². The Balaban J connectivity index is 2.76. The van der Waals surface area contributed by atoms with Crippen molar-refractivity contribution in [3.05, 3.63) is 70.1 Å². The maximum Gasteiger partial charge on any atom is 0.0277 e. The average Bonchev–Trinajstić information content (AvgIpc) is 2.45. The van der Waals surface area contributed by atoms with E-state index in [0.29, 0.717) is 0 Å². The summed E-state index contributed by atoms with van der Waals surface area (Å²) in [7, 11) is 1.79. The van der Waals surface area contributed by atoms with Crippen molar-refractivity contribution < 1.29 is 0 Å². The lowest BCUT2D eigenvalue weighted by Crippen LogP contribution is -2.26. The molecule has 0 aliphatic carbocycles. The Morgan fingerprint density at radius 1 is 1.00 bits per heavy atom. The lowest BCUT2D eigenvalue weighted by molar-refractivity contribution is 1.37. The topological polar surface area (TPSA) is 12.4 Å². The van der Waals surface area contributed by atoms with Crippen molar-refractivity contribution in [2.45, 2.75) is 13.8 Å². The van der Waals surface area contributed by atoms with Crippen molar-refractivity contribution in [2.24, 2.45) is 4.99 Å². The molecule has 0 aliphatic heterocycles. The van der Waals surface area contributed by atoms with E-state index in [4.69, 9.17) is 0 Å². The van der Waals surface area contributed by atoms with Crippen LogP contribution in [0.25, 0.3) is 11.6 Å². The fourth-order valence-electron chi connectivity index (χ4n) is 2.28. The van der Waals surface area contributed by atoms with Crippen LogP contribution in [0.1, 0.15) is 18.1 Å². The molecule has 2 rings (SSSR count). The summed E-state index contributed by atoms with van der Waals surface area (Å²) in [5, 5.41) is 2.46. The van der Waals surface area contributed by atoms with Crippen molar-refractivity contribution in [2.75, 3.05) is 7.05 Å². The fourth-order valence-corrected chi connectivity index (χ4v) is 2.28. The van der Waals surface area contributed by atoms with Gasteiger partial charge in [0.2, 0.25) is 0 Å². The number of benzene rings is 2. The first-order valence-corrected chi connectivity index (χ1v) is 6.48. The lowest BCUT2D eigenvalue weighted by Gasteiger charge is -2.06. The van der Waals surface area contributed by atoms with Gasteiger partial charge in [-0.15, -0.1) is 0 Å². The van der Waals surface area contributed by atoms with E-state index >= 15 is 0 Å². The minimum absolute atomic E-state index is 1.20. The monoisotopic (exact) mass is 249 g/mol. The highest BCUT2D eigenvalue weighted by Gasteiger charge is 2.00. The van der Waals surface area contributed by atoms with Gasteiger partial charge in [-0.25, -0.2) is 0 Å². The largest absolute Gasteiger partial charge is 0.296 e. The highest BCUT2D eigenvalue weighted by atomic mass is 14.6. The maximum absolute atomic E-state index is 4.03. The van der Waals surface area contributed by atoms with Gasteiger partial charge in [0.15, 0.2) is 0 Å². The molecule has 0 N–H and O–H groups in total. The van der Waals surface area contributed by atoms with E-state index in [9.17, 15) is 0 Å². The van der Waals surface area contributed by atoms with Gasteiger partial charge in [0.1, 0.15) is 0 Å². The zero-order valence-corrected chi connectivity index (χ0v) is 11.7. The molecule has 0 heterocycles. The third-order valence-corrected chi connectivity index (χ3v) is 3.32. The minimum Gasteiger partial charge on any atom is -0.296 e. The molecule has 0 spiro atoms. The molecule has 96 valence electrons. The number of aliphatic imine (C=N–C) groups is 1. The van der Waals surface area contributed by atoms with Crippen LogP contribution in [0.2, 0.25) is 0 Å². The summed E-state index contributed by atoms with van der Waals surface area (Å²) in [5.41, 5.74) is 3.91. The van der Waals surface area contributed by atoms with Crippen LogP contribution in [-0.4, -0.2) is 13.3 Å². The molecule has 0 saturated carbocycles. The first kappa shape index (κ1) is 13.3. The first-order valence-electron chi connectivity index (χ1n) is 6.48. The van der Waals surface area contributed by atoms with Gasteiger partial charge in [-0.1, -0.05) is 48.5 Å². The first-order chi connectivity index (χ1) is 9.24. The predicted molar refractivity (Wildman–Crippen MR) is 83.9 cm³/mol. The van der Waals surface area contributed by atoms with Crippen LogP contribution in [0.4, 0.5) is 0 Å². The molecule has 1 heteroatoms. The fraction of sp³-hybridized carbons (Fsp3) is 0.167. The van der Waals surface area contributed by atoms with Gasteiger partial charge in [-0.3, -0.25) is 4.99 Å². The summed E-state index contributed by atoms with van der Waals surface area (Å²) in [6.45, 7) is 4.33. The van der Waals surface area contributed by atoms with Crippen LogP contribution in [0.15, 0.2) is 53.5 Å². The Morgan fingerprint density at radius 3 is 2.42 bits per heavy atom. The molecule has 0 amide bonds. The average molecular weight is 249 g/mol. The van der Waals surface area contributed by atoms with E-state index in [-0.39, 0.29) is 0 Å². The number of hydrogen-bond acceptors (Lipinski definition) is 1. The van der Waals surface area contributed by atoms with Gasteiger partial charge in [0.05, 0.1) is 0 Å². The van der Waals surface area contributed by atoms with Gasteiger partial charge in [-0.2, -0.15) is 0 Å². The summed E-state index contributed by atoms with van der Waals surface area (Å²) in [6, 6.07) is 16.9. The molecular formula is C18H19N. The Hall–Kier alpha value is -2.15. The van der Waals surface area contributed by atoms with E-state index in [0.717, 1.165) is 0 Å². The molecule has 0 unspecified atom stereocenters. The van der Waals surface area contributed by atoms with Crippen LogP contribution in [-0.2, 0) is 0 Å². The quantitative estimate of drug-likeness (QED) is 0.726. The van der Waals surface area contributed by atoms with Crippen LogP contribution >= 0.6 is 0 Å². The highest BCUT2D eigenvalue weighted by molar-refractivity contribution is 5.90. The Labute approximate surface area is 114 Å². The zero-order chi connectivity index (χ0) is 13.7. The molecule has 2 aromatic rings. The summed E-state index contributed by atoms with van der Waals surface area (Å²) in [5.74, 6) is 0. The van der Waals surface area contributed by atoms with Crippen molar-refractivity contribution in [1.29, 1.82) is 0 Å². The minimum atomic E-state index is 1.20. The predicted octanol–water partition coefficient (Wildman–Crippen LogP) is 2.70. The molecule has 0 radical (unpaired) electrons.